The van der Waals surface area contributed by atoms with Gasteiger partial charge in [0.05, 0.1) is 31.0 Å². The van der Waals surface area contributed by atoms with E-state index in [1.165, 1.54) is 321 Å². The predicted octanol–water partition coefficient (Wildman–Crippen LogP) is 20.7. The van der Waals surface area contributed by atoms with Crippen LogP contribution < -0.4 is 0 Å². The second kappa shape index (κ2) is 55.8. The molecular weight excluding hydrogens is 889 g/mol. The summed E-state index contributed by atoms with van der Waals surface area (Å²) in [6, 6.07) is 0. The molecule has 6 nitrogen and oxygen atoms in total. The van der Waals surface area contributed by atoms with Crippen LogP contribution in [0.4, 0.5) is 0 Å². The molecule has 1 heterocycles. The Morgan fingerprint density at radius 3 is 0.861 bits per heavy atom. The predicted molar refractivity (Wildman–Crippen MR) is 311 cm³/mol. The molecule has 0 amide bonds. The number of carbonyl (C=O) groups excluding carboxylic acids is 2. The lowest BCUT2D eigenvalue weighted by molar-refractivity contribution is -0.155. The van der Waals surface area contributed by atoms with Crippen LogP contribution in [0.1, 0.15) is 360 Å². The molecule has 1 atom stereocenters. The average Bonchev–Trinajstić information content (AvgIpc) is 3.45. The van der Waals surface area contributed by atoms with Crippen molar-refractivity contribution < 1.29 is 29.3 Å². The highest BCUT2D eigenvalue weighted by Crippen LogP contribution is 2.25. The first kappa shape index (κ1) is 68.6. The van der Waals surface area contributed by atoms with Gasteiger partial charge in [-0.1, -0.05) is 334 Å². The number of hydrogen-bond acceptors (Lipinski definition) is 6. The molecule has 0 aliphatic carbocycles. The second-order valence-corrected chi connectivity index (χ2v) is 23.5. The molecule has 1 fully saturated rings. The Morgan fingerprint density at radius 2 is 0.597 bits per heavy atom. The molecule has 1 aliphatic heterocycles. The maximum absolute atomic E-state index is 12.5. The molecule has 0 radical (unpaired) electrons. The fraction of sp³-hybridized carbons (Fsp3) is 0.939. The van der Waals surface area contributed by atoms with Gasteiger partial charge < -0.3 is 19.7 Å². The second-order valence-electron chi connectivity index (χ2n) is 23.5. The monoisotopic (exact) mass is 1010 g/mol. The standard InChI is InChI=1S/C66H126O6/c1-2-3-4-5-6-7-8-9-10-11-12-13-14-15-16-17-18-19-20-21-22-23-24-25-26-27-28-29-30-31-32-33-34-35-36-37-38-39-40-41-42-43-44-45-46-47-48-49-50-51-52-53-54-55-56-57-63-58-64(69)71-61-66(59-67,60-68)62-72-65(63)70/h44-45,63,67-68H,2-43,46-62H2,1H3/b45-44+. The normalized spacial score (nSPS) is 15.2. The Bertz CT molecular complexity index is 1130. The quantitative estimate of drug-likeness (QED) is 0.0358. The van der Waals surface area contributed by atoms with Crippen LogP contribution in [0.25, 0.3) is 0 Å². The van der Waals surface area contributed by atoms with E-state index >= 15 is 0 Å². The summed E-state index contributed by atoms with van der Waals surface area (Å²) in [6.45, 7) is 1.20. The van der Waals surface area contributed by atoms with Gasteiger partial charge in [0.2, 0.25) is 0 Å². The maximum atomic E-state index is 12.5. The smallest absolute Gasteiger partial charge is 0.309 e. The van der Waals surface area contributed by atoms with E-state index in [0.717, 1.165) is 19.3 Å². The van der Waals surface area contributed by atoms with E-state index in [2.05, 4.69) is 19.1 Å². The molecule has 0 aromatic heterocycles. The number of cyclic esters (lactones) is 2. The summed E-state index contributed by atoms with van der Waals surface area (Å²) in [4.78, 5) is 24.7. The molecule has 0 bridgehead atoms. The van der Waals surface area contributed by atoms with Gasteiger partial charge in [-0.2, -0.15) is 0 Å². The van der Waals surface area contributed by atoms with Crippen molar-refractivity contribution in [3.05, 3.63) is 12.2 Å². The van der Waals surface area contributed by atoms with Crippen LogP contribution in [0.2, 0.25) is 0 Å². The summed E-state index contributed by atoms with van der Waals surface area (Å²) in [5.74, 6) is -1.41. The Hall–Kier alpha value is -1.40. The first-order valence-electron chi connectivity index (χ1n) is 32.8. The van der Waals surface area contributed by atoms with Crippen LogP contribution in [0.3, 0.4) is 0 Å². The minimum Gasteiger partial charge on any atom is -0.465 e. The highest BCUT2D eigenvalue weighted by molar-refractivity contribution is 5.80. The third kappa shape index (κ3) is 47.1. The number of allylic oxidation sites excluding steroid dienone is 2. The third-order valence-electron chi connectivity index (χ3n) is 16.3. The highest BCUT2D eigenvalue weighted by Gasteiger charge is 2.36. The van der Waals surface area contributed by atoms with E-state index in [1.54, 1.807) is 0 Å². The van der Waals surface area contributed by atoms with Crippen molar-refractivity contribution in [2.75, 3.05) is 26.4 Å². The topological polar surface area (TPSA) is 93.1 Å². The van der Waals surface area contributed by atoms with E-state index in [4.69, 9.17) is 9.47 Å². The SMILES string of the molecule is CCCCCCCCCCCCCCCCCCCCCCCCCCCCCCCCCCCCCCCCCCC/C=C/CCCCCCCCCCCCC1CC(=O)OCC(CO)(CO)COC1=O. The van der Waals surface area contributed by atoms with Crippen molar-refractivity contribution >= 4 is 11.9 Å². The number of unbranched alkanes of at least 4 members (excludes halogenated alkanes) is 51. The van der Waals surface area contributed by atoms with Crippen LogP contribution in [-0.2, 0) is 19.1 Å². The lowest BCUT2D eigenvalue weighted by Crippen LogP contribution is -2.40. The molecule has 0 spiro atoms. The van der Waals surface area contributed by atoms with Gasteiger partial charge in [-0.15, -0.1) is 0 Å². The first-order valence-corrected chi connectivity index (χ1v) is 32.8. The van der Waals surface area contributed by atoms with Crippen molar-refractivity contribution in [3.8, 4) is 0 Å². The molecule has 1 rings (SSSR count). The fourth-order valence-electron chi connectivity index (χ4n) is 10.9. The molecule has 1 saturated heterocycles. The van der Waals surface area contributed by atoms with Gasteiger partial charge in [-0.25, -0.2) is 0 Å². The first-order chi connectivity index (χ1) is 35.6. The van der Waals surface area contributed by atoms with E-state index in [-0.39, 0.29) is 19.6 Å². The number of esters is 2. The molecule has 6 heteroatoms. The van der Waals surface area contributed by atoms with Crippen molar-refractivity contribution in [1.82, 2.24) is 0 Å². The summed E-state index contributed by atoms with van der Waals surface area (Å²) >= 11 is 0. The number of rotatable bonds is 57. The molecule has 2 N–H and O–H groups in total. The van der Waals surface area contributed by atoms with Gasteiger partial charge in [0.15, 0.2) is 0 Å². The lowest BCUT2D eigenvalue weighted by atomic mass is 9.92. The average molecular weight is 1020 g/mol. The summed E-state index contributed by atoms with van der Waals surface area (Å²) in [5.41, 5.74) is -1.13. The number of hydrogen-bond donors (Lipinski definition) is 2. The van der Waals surface area contributed by atoms with Crippen molar-refractivity contribution in [2.24, 2.45) is 11.3 Å². The number of carbonyl (C=O) groups is 2. The maximum Gasteiger partial charge on any atom is 0.309 e. The van der Waals surface area contributed by atoms with E-state index < -0.39 is 36.5 Å². The summed E-state index contributed by atoms with van der Waals surface area (Å²) in [7, 11) is 0. The van der Waals surface area contributed by atoms with Crippen LogP contribution in [0.15, 0.2) is 12.2 Å². The number of aliphatic hydroxyl groups excluding tert-OH is 2. The summed E-state index contributed by atoms with van der Waals surface area (Å²) in [5, 5.41) is 19.2. The van der Waals surface area contributed by atoms with Crippen molar-refractivity contribution in [1.29, 1.82) is 0 Å². The van der Waals surface area contributed by atoms with Gasteiger partial charge in [0, 0.05) is 0 Å². The highest BCUT2D eigenvalue weighted by atomic mass is 16.6. The molecule has 1 unspecified atom stereocenters. The van der Waals surface area contributed by atoms with Gasteiger partial charge in [0.25, 0.3) is 0 Å². The van der Waals surface area contributed by atoms with Gasteiger partial charge in [-0.3, -0.25) is 9.59 Å². The zero-order valence-corrected chi connectivity index (χ0v) is 48.5. The van der Waals surface area contributed by atoms with E-state index in [0.29, 0.717) is 6.42 Å². The van der Waals surface area contributed by atoms with Crippen LogP contribution >= 0.6 is 0 Å². The zero-order valence-electron chi connectivity index (χ0n) is 48.5. The van der Waals surface area contributed by atoms with Crippen LogP contribution in [-0.4, -0.2) is 48.6 Å². The summed E-state index contributed by atoms with van der Waals surface area (Å²) in [6.07, 6.45) is 80.2. The molecule has 72 heavy (non-hydrogen) atoms. The number of aliphatic hydroxyl groups is 2. The van der Waals surface area contributed by atoms with Gasteiger partial charge in [-0.05, 0) is 32.1 Å². The van der Waals surface area contributed by atoms with Crippen LogP contribution in [0.5, 0.6) is 0 Å². The van der Waals surface area contributed by atoms with Gasteiger partial charge in [0.1, 0.15) is 13.2 Å². The molecular formula is C66H126O6. The molecule has 0 aromatic carbocycles. The number of ether oxygens (including phenoxy) is 2. The molecule has 426 valence electrons. The van der Waals surface area contributed by atoms with E-state index in [9.17, 15) is 19.8 Å². The Labute approximate surface area is 449 Å². The fourth-order valence-corrected chi connectivity index (χ4v) is 10.9. The Morgan fingerprint density at radius 1 is 0.361 bits per heavy atom. The Balaban J connectivity index is 1.68. The van der Waals surface area contributed by atoms with Crippen molar-refractivity contribution in [3.63, 3.8) is 0 Å². The Kier molecular flexibility index (Phi) is 53.2. The minimum atomic E-state index is -1.13. The third-order valence-corrected chi connectivity index (χ3v) is 16.3. The van der Waals surface area contributed by atoms with Crippen molar-refractivity contribution in [2.45, 2.75) is 360 Å². The summed E-state index contributed by atoms with van der Waals surface area (Å²) < 4.78 is 10.6. The minimum absolute atomic E-state index is 0.00141. The molecule has 1 aliphatic rings. The molecule has 0 saturated carbocycles. The van der Waals surface area contributed by atoms with Gasteiger partial charge >= 0.3 is 11.9 Å². The van der Waals surface area contributed by atoms with E-state index in [1.807, 2.05) is 0 Å². The van der Waals surface area contributed by atoms with Crippen LogP contribution in [0, 0.1) is 11.3 Å². The largest absolute Gasteiger partial charge is 0.465 e. The zero-order chi connectivity index (χ0) is 51.8. The molecule has 0 aromatic rings. The lowest BCUT2D eigenvalue weighted by Gasteiger charge is -2.27.